The van der Waals surface area contributed by atoms with Crippen LogP contribution in [0.15, 0.2) is 42.5 Å². The summed E-state index contributed by atoms with van der Waals surface area (Å²) in [5.74, 6) is 0.401. The molecule has 1 saturated heterocycles. The van der Waals surface area contributed by atoms with Gasteiger partial charge in [0.25, 0.3) is 0 Å². The molecule has 6 heteroatoms. The number of benzene rings is 2. The minimum Gasteiger partial charge on any atom is -0.491 e. The van der Waals surface area contributed by atoms with Crippen LogP contribution in [-0.4, -0.2) is 49.6 Å². The average molecular weight is 382 g/mol. The fraction of sp³-hybridized carbons (Fsp3) is 0.318. The van der Waals surface area contributed by atoms with Crippen molar-refractivity contribution in [1.29, 1.82) is 0 Å². The second-order valence-electron chi connectivity index (χ2n) is 6.84. The molecule has 4 rings (SSSR count). The number of anilines is 1. The average Bonchev–Trinajstić information content (AvgIpc) is 2.72. The lowest BCUT2D eigenvalue weighted by Crippen LogP contribution is -2.36. The molecular formula is C22H23FN2O3. The largest absolute Gasteiger partial charge is 0.491 e. The normalized spacial score (nSPS) is 14.5. The maximum Gasteiger partial charge on any atom is 0.148 e. The smallest absolute Gasteiger partial charge is 0.148 e. The Morgan fingerprint density at radius 2 is 2.00 bits per heavy atom. The molecule has 5 nitrogen and oxygen atoms in total. The van der Waals surface area contributed by atoms with Crippen molar-refractivity contribution in [2.24, 2.45) is 0 Å². The van der Waals surface area contributed by atoms with E-state index < -0.39 is 0 Å². The molecule has 1 N–H and O–H groups in total. The number of aryl methyl sites for hydroxylation is 1. The quantitative estimate of drug-likeness (QED) is 0.731. The van der Waals surface area contributed by atoms with Crippen molar-refractivity contribution in [2.45, 2.75) is 6.92 Å². The second kappa shape index (κ2) is 8.12. The molecule has 1 aliphatic heterocycles. The predicted molar refractivity (Wildman–Crippen MR) is 107 cm³/mol. The van der Waals surface area contributed by atoms with E-state index in [1.54, 1.807) is 0 Å². The van der Waals surface area contributed by atoms with E-state index >= 15 is 0 Å². The molecule has 146 valence electrons. The molecule has 0 spiro atoms. The first-order valence-corrected chi connectivity index (χ1v) is 9.43. The van der Waals surface area contributed by atoms with Crippen LogP contribution in [0.3, 0.4) is 0 Å². The van der Waals surface area contributed by atoms with Crippen molar-refractivity contribution in [3.05, 3.63) is 53.8 Å². The Hall–Kier alpha value is -2.70. The first-order chi connectivity index (χ1) is 13.7. The molecule has 0 unspecified atom stereocenters. The number of rotatable bonds is 5. The molecule has 0 amide bonds. The summed E-state index contributed by atoms with van der Waals surface area (Å²) in [5, 5.41) is 9.87. The van der Waals surface area contributed by atoms with Crippen molar-refractivity contribution >= 4 is 16.6 Å². The lowest BCUT2D eigenvalue weighted by molar-refractivity contribution is 0.122. The zero-order chi connectivity index (χ0) is 19.5. The Morgan fingerprint density at radius 3 is 2.79 bits per heavy atom. The third kappa shape index (κ3) is 3.79. The van der Waals surface area contributed by atoms with Gasteiger partial charge in [0.1, 0.15) is 18.2 Å². The molecule has 0 atom stereocenters. The van der Waals surface area contributed by atoms with Gasteiger partial charge >= 0.3 is 0 Å². The van der Waals surface area contributed by atoms with E-state index in [0.717, 1.165) is 22.2 Å². The van der Waals surface area contributed by atoms with E-state index in [1.807, 2.05) is 48.2 Å². The Bertz CT molecular complexity index is 987. The molecule has 0 bridgehead atoms. The van der Waals surface area contributed by atoms with E-state index in [1.165, 1.54) is 6.07 Å². The Balaban J connectivity index is 1.72. The molecule has 3 aromatic rings. The molecule has 0 saturated carbocycles. The number of morpholine rings is 1. The van der Waals surface area contributed by atoms with Crippen LogP contribution in [0, 0.1) is 12.7 Å². The SMILES string of the molecule is Cc1cc(-c2cccc(OCCO)c2)nc2cc(F)c(N3CCOCC3)cc12. The van der Waals surface area contributed by atoms with Gasteiger partial charge in [-0.25, -0.2) is 9.37 Å². The highest BCUT2D eigenvalue weighted by Gasteiger charge is 2.17. The van der Waals surface area contributed by atoms with Crippen LogP contribution in [0.2, 0.25) is 0 Å². The van der Waals surface area contributed by atoms with Crippen LogP contribution in [0.25, 0.3) is 22.2 Å². The molecule has 0 aliphatic carbocycles. The minimum absolute atomic E-state index is 0.0394. The number of hydrogen-bond donors (Lipinski definition) is 1. The van der Waals surface area contributed by atoms with E-state index in [0.29, 0.717) is 43.3 Å². The third-order valence-electron chi connectivity index (χ3n) is 4.93. The number of pyridine rings is 1. The number of aromatic nitrogens is 1. The fourth-order valence-corrected chi connectivity index (χ4v) is 3.51. The molecule has 2 heterocycles. The standard InChI is InChI=1S/C22H23FN2O3/c1-15-11-20(16-3-2-4-17(12-16)28-10-7-26)24-21-14-19(23)22(13-18(15)21)25-5-8-27-9-6-25/h2-4,11-14,26H,5-10H2,1H3. The number of fused-ring (bicyclic) bond motifs is 1. The number of nitrogens with zero attached hydrogens (tertiary/aromatic N) is 2. The molecular weight excluding hydrogens is 359 g/mol. The lowest BCUT2D eigenvalue weighted by atomic mass is 10.0. The number of halogens is 1. The van der Waals surface area contributed by atoms with Crippen LogP contribution in [0.1, 0.15) is 5.56 Å². The predicted octanol–water partition coefficient (Wildman–Crippen LogP) is 3.56. The second-order valence-corrected chi connectivity index (χ2v) is 6.84. The van der Waals surface area contributed by atoms with Gasteiger partial charge in [-0.05, 0) is 36.8 Å². The Labute approximate surface area is 163 Å². The Kier molecular flexibility index (Phi) is 5.41. The highest BCUT2D eigenvalue weighted by Crippen LogP contribution is 2.31. The molecule has 0 radical (unpaired) electrons. The molecule has 2 aromatic carbocycles. The minimum atomic E-state index is -0.265. The van der Waals surface area contributed by atoms with Gasteiger partial charge in [-0.3, -0.25) is 0 Å². The van der Waals surface area contributed by atoms with Gasteiger partial charge in [0.05, 0.1) is 36.7 Å². The summed E-state index contributed by atoms with van der Waals surface area (Å²) in [6.45, 7) is 4.82. The van der Waals surface area contributed by atoms with Crippen LogP contribution < -0.4 is 9.64 Å². The zero-order valence-corrected chi connectivity index (χ0v) is 15.8. The van der Waals surface area contributed by atoms with Crippen LogP contribution >= 0.6 is 0 Å². The van der Waals surface area contributed by atoms with Crippen molar-refractivity contribution < 1.29 is 19.0 Å². The summed E-state index contributed by atoms with van der Waals surface area (Å²) in [6, 6.07) is 13.0. The maximum atomic E-state index is 14.8. The van der Waals surface area contributed by atoms with Crippen LogP contribution in [0.5, 0.6) is 5.75 Å². The highest BCUT2D eigenvalue weighted by molar-refractivity contribution is 5.88. The number of aliphatic hydroxyl groups excluding tert-OH is 1. The number of aliphatic hydroxyl groups is 1. The fourth-order valence-electron chi connectivity index (χ4n) is 3.51. The first kappa shape index (κ1) is 18.7. The van der Waals surface area contributed by atoms with Crippen LogP contribution in [0.4, 0.5) is 10.1 Å². The maximum absolute atomic E-state index is 14.8. The summed E-state index contributed by atoms with van der Waals surface area (Å²) >= 11 is 0. The van der Waals surface area contributed by atoms with Gasteiger partial charge in [-0.2, -0.15) is 0 Å². The summed E-state index contributed by atoms with van der Waals surface area (Å²) in [7, 11) is 0. The Morgan fingerprint density at radius 1 is 1.18 bits per heavy atom. The van der Waals surface area contributed by atoms with Crippen molar-refractivity contribution in [1.82, 2.24) is 4.98 Å². The summed E-state index contributed by atoms with van der Waals surface area (Å²) in [4.78, 5) is 6.71. The van der Waals surface area contributed by atoms with Gasteiger partial charge in [0, 0.05) is 30.1 Å². The van der Waals surface area contributed by atoms with Crippen molar-refractivity contribution in [3.63, 3.8) is 0 Å². The highest BCUT2D eigenvalue weighted by atomic mass is 19.1. The van der Waals surface area contributed by atoms with Crippen LogP contribution in [-0.2, 0) is 4.74 Å². The van der Waals surface area contributed by atoms with Gasteiger partial charge in [-0.15, -0.1) is 0 Å². The molecule has 1 fully saturated rings. The number of hydrogen-bond acceptors (Lipinski definition) is 5. The third-order valence-corrected chi connectivity index (χ3v) is 4.93. The van der Waals surface area contributed by atoms with Gasteiger partial charge in [0.15, 0.2) is 0 Å². The monoisotopic (exact) mass is 382 g/mol. The molecule has 28 heavy (non-hydrogen) atoms. The van der Waals surface area contributed by atoms with Gasteiger partial charge in [-0.1, -0.05) is 12.1 Å². The molecule has 1 aromatic heterocycles. The zero-order valence-electron chi connectivity index (χ0n) is 15.8. The van der Waals surface area contributed by atoms with Crippen molar-refractivity contribution in [2.75, 3.05) is 44.4 Å². The first-order valence-electron chi connectivity index (χ1n) is 9.43. The summed E-state index contributed by atoms with van der Waals surface area (Å²) < 4.78 is 25.7. The lowest BCUT2D eigenvalue weighted by Gasteiger charge is -2.29. The number of ether oxygens (including phenoxy) is 2. The summed E-state index contributed by atoms with van der Waals surface area (Å²) in [6.07, 6.45) is 0. The molecule has 1 aliphatic rings. The topological polar surface area (TPSA) is 54.8 Å². The van der Waals surface area contributed by atoms with E-state index in [-0.39, 0.29) is 19.0 Å². The summed E-state index contributed by atoms with van der Waals surface area (Å²) in [5.41, 5.74) is 3.92. The van der Waals surface area contributed by atoms with E-state index in [2.05, 4.69) is 4.98 Å². The van der Waals surface area contributed by atoms with Gasteiger partial charge < -0.3 is 19.5 Å². The van der Waals surface area contributed by atoms with Gasteiger partial charge in [0.2, 0.25) is 0 Å². The van der Waals surface area contributed by atoms with E-state index in [9.17, 15) is 4.39 Å². The van der Waals surface area contributed by atoms with E-state index in [4.69, 9.17) is 14.6 Å². The van der Waals surface area contributed by atoms with Crippen molar-refractivity contribution in [3.8, 4) is 17.0 Å².